The van der Waals surface area contributed by atoms with Crippen LogP contribution < -0.4 is 15.8 Å². The van der Waals surface area contributed by atoms with Gasteiger partial charge in [-0.25, -0.2) is 4.39 Å². The van der Waals surface area contributed by atoms with Crippen LogP contribution in [-0.2, 0) is 4.79 Å². The van der Waals surface area contributed by atoms with Crippen LogP contribution in [0.15, 0.2) is 18.2 Å². The quantitative estimate of drug-likeness (QED) is 0.875. The molecule has 0 aliphatic heterocycles. The van der Waals surface area contributed by atoms with Gasteiger partial charge in [0.05, 0.1) is 0 Å². The molecule has 21 heavy (non-hydrogen) atoms. The minimum atomic E-state index is -0.688. The summed E-state index contributed by atoms with van der Waals surface area (Å²) in [5, 5.41) is 3.22. The molecule has 2 unspecified atom stereocenters. The number of nitrogens with one attached hydrogen (secondary N) is 1. The van der Waals surface area contributed by atoms with E-state index in [0.29, 0.717) is 24.3 Å². The Kier molecular flexibility index (Phi) is 4.83. The molecule has 1 aromatic carbocycles. The maximum atomic E-state index is 13.3. The Labute approximate surface area is 124 Å². The van der Waals surface area contributed by atoms with Gasteiger partial charge in [0, 0.05) is 6.42 Å². The van der Waals surface area contributed by atoms with Crippen molar-refractivity contribution in [3.05, 3.63) is 29.6 Å². The third-order valence-corrected chi connectivity index (χ3v) is 4.12. The number of nitrogens with two attached hydrogens (primary N) is 1. The van der Waals surface area contributed by atoms with Crippen molar-refractivity contribution in [3.8, 4) is 5.75 Å². The second kappa shape index (κ2) is 6.43. The molecule has 0 bridgehead atoms. The number of amides is 1. The lowest BCUT2D eigenvalue weighted by Gasteiger charge is -2.39. The molecule has 0 heterocycles. The largest absolute Gasteiger partial charge is 0.490 e. The fourth-order valence-electron chi connectivity index (χ4n) is 3.02. The highest BCUT2D eigenvalue weighted by atomic mass is 19.1. The number of ether oxygens (including phenoxy) is 1. The van der Waals surface area contributed by atoms with E-state index in [1.54, 1.807) is 19.1 Å². The number of hydrogen-bond donors (Lipinski definition) is 2. The molecule has 1 fully saturated rings. The highest BCUT2D eigenvalue weighted by molar-refractivity contribution is 5.84. The Morgan fingerprint density at radius 3 is 2.95 bits per heavy atom. The van der Waals surface area contributed by atoms with Crippen LogP contribution in [0.25, 0.3) is 0 Å². The minimum absolute atomic E-state index is 0.0878. The summed E-state index contributed by atoms with van der Waals surface area (Å²) in [7, 11) is 0. The summed E-state index contributed by atoms with van der Waals surface area (Å²) in [6.45, 7) is 4.35. The van der Waals surface area contributed by atoms with Gasteiger partial charge in [0.25, 0.3) is 0 Å². The molecule has 2 rings (SSSR count). The van der Waals surface area contributed by atoms with Crippen molar-refractivity contribution in [2.75, 3.05) is 6.54 Å². The third kappa shape index (κ3) is 3.53. The number of rotatable bonds is 5. The van der Waals surface area contributed by atoms with Crippen LogP contribution in [0.1, 0.15) is 38.2 Å². The number of aryl methyl sites for hydroxylation is 1. The lowest BCUT2D eigenvalue weighted by atomic mass is 9.79. The first-order valence-electron chi connectivity index (χ1n) is 7.44. The molecule has 1 aromatic rings. The monoisotopic (exact) mass is 294 g/mol. The highest BCUT2D eigenvalue weighted by Crippen LogP contribution is 2.31. The summed E-state index contributed by atoms with van der Waals surface area (Å²) < 4.78 is 19.2. The van der Waals surface area contributed by atoms with Crippen molar-refractivity contribution in [1.82, 2.24) is 5.32 Å². The SMILES string of the molecule is CCNC1(C(N)=O)CCCC(Oc2ccc(F)c(C)c2)C1. The van der Waals surface area contributed by atoms with E-state index in [1.165, 1.54) is 6.07 Å². The van der Waals surface area contributed by atoms with E-state index in [2.05, 4.69) is 5.32 Å². The molecule has 0 spiro atoms. The number of halogens is 1. The van der Waals surface area contributed by atoms with Gasteiger partial charge in [0.15, 0.2) is 0 Å². The molecular weight excluding hydrogens is 271 g/mol. The summed E-state index contributed by atoms with van der Waals surface area (Å²) in [5.41, 5.74) is 5.45. The smallest absolute Gasteiger partial charge is 0.237 e. The van der Waals surface area contributed by atoms with Crippen LogP contribution in [0.5, 0.6) is 5.75 Å². The first-order chi connectivity index (χ1) is 9.97. The average molecular weight is 294 g/mol. The van der Waals surface area contributed by atoms with Gasteiger partial charge in [-0.15, -0.1) is 0 Å². The van der Waals surface area contributed by atoms with E-state index in [4.69, 9.17) is 10.5 Å². The minimum Gasteiger partial charge on any atom is -0.490 e. The fraction of sp³-hybridized carbons (Fsp3) is 0.562. The first kappa shape index (κ1) is 15.8. The van der Waals surface area contributed by atoms with Gasteiger partial charge in [-0.3, -0.25) is 4.79 Å². The Balaban J connectivity index is 2.09. The number of benzene rings is 1. The lowest BCUT2D eigenvalue weighted by Crippen LogP contribution is -2.59. The van der Waals surface area contributed by atoms with E-state index >= 15 is 0 Å². The predicted molar refractivity (Wildman–Crippen MR) is 79.6 cm³/mol. The maximum absolute atomic E-state index is 13.3. The molecule has 0 saturated heterocycles. The molecule has 4 nitrogen and oxygen atoms in total. The molecule has 0 radical (unpaired) electrons. The van der Waals surface area contributed by atoms with Crippen LogP contribution >= 0.6 is 0 Å². The predicted octanol–water partition coefficient (Wildman–Crippen LogP) is 2.29. The number of carbonyl (C=O) groups is 1. The van der Waals surface area contributed by atoms with Crippen LogP contribution in [0.4, 0.5) is 4.39 Å². The van der Waals surface area contributed by atoms with Crippen molar-refractivity contribution >= 4 is 5.91 Å². The number of primary amides is 1. The summed E-state index contributed by atoms with van der Waals surface area (Å²) in [6.07, 6.45) is 2.94. The normalized spacial score (nSPS) is 25.6. The third-order valence-electron chi connectivity index (χ3n) is 4.12. The van der Waals surface area contributed by atoms with Crippen LogP contribution in [0.3, 0.4) is 0 Å². The molecule has 1 saturated carbocycles. The van der Waals surface area contributed by atoms with Crippen molar-refractivity contribution in [1.29, 1.82) is 0 Å². The Bertz CT molecular complexity index is 517. The van der Waals surface area contributed by atoms with Gasteiger partial charge in [0.1, 0.15) is 23.2 Å². The zero-order valence-electron chi connectivity index (χ0n) is 12.6. The Morgan fingerprint density at radius 1 is 1.57 bits per heavy atom. The van der Waals surface area contributed by atoms with Crippen molar-refractivity contribution in [3.63, 3.8) is 0 Å². The molecule has 1 amide bonds. The molecule has 1 aliphatic carbocycles. The molecule has 1 aliphatic rings. The molecule has 5 heteroatoms. The highest BCUT2D eigenvalue weighted by Gasteiger charge is 2.41. The number of likely N-dealkylation sites (N-methyl/N-ethyl adjacent to an activating group) is 1. The zero-order chi connectivity index (χ0) is 15.5. The fourth-order valence-corrected chi connectivity index (χ4v) is 3.02. The van der Waals surface area contributed by atoms with Crippen molar-refractivity contribution in [2.24, 2.45) is 5.73 Å². The Hall–Kier alpha value is -1.62. The maximum Gasteiger partial charge on any atom is 0.237 e. The first-order valence-corrected chi connectivity index (χ1v) is 7.44. The van der Waals surface area contributed by atoms with E-state index in [0.717, 1.165) is 19.3 Å². The van der Waals surface area contributed by atoms with Gasteiger partial charge >= 0.3 is 0 Å². The van der Waals surface area contributed by atoms with E-state index < -0.39 is 5.54 Å². The van der Waals surface area contributed by atoms with Gasteiger partial charge in [-0.1, -0.05) is 6.92 Å². The van der Waals surface area contributed by atoms with Gasteiger partial charge < -0.3 is 15.8 Å². The second-order valence-electron chi connectivity index (χ2n) is 5.72. The molecule has 0 aromatic heterocycles. The molecule has 116 valence electrons. The summed E-state index contributed by atoms with van der Waals surface area (Å²) in [4.78, 5) is 11.8. The lowest BCUT2D eigenvalue weighted by molar-refractivity contribution is -0.127. The van der Waals surface area contributed by atoms with Gasteiger partial charge in [0.2, 0.25) is 5.91 Å². The summed E-state index contributed by atoms with van der Waals surface area (Å²) >= 11 is 0. The molecular formula is C16H23FN2O2. The van der Waals surface area contributed by atoms with Crippen LogP contribution in [-0.4, -0.2) is 24.1 Å². The summed E-state index contributed by atoms with van der Waals surface area (Å²) in [5.74, 6) is 0.0636. The van der Waals surface area contributed by atoms with Gasteiger partial charge in [-0.05, 0) is 56.5 Å². The topological polar surface area (TPSA) is 64.3 Å². The van der Waals surface area contributed by atoms with Crippen molar-refractivity contribution in [2.45, 2.75) is 51.2 Å². The average Bonchev–Trinajstić information content (AvgIpc) is 2.43. The van der Waals surface area contributed by atoms with Crippen LogP contribution in [0.2, 0.25) is 0 Å². The van der Waals surface area contributed by atoms with Gasteiger partial charge in [-0.2, -0.15) is 0 Å². The number of hydrogen-bond acceptors (Lipinski definition) is 3. The number of carbonyl (C=O) groups excluding carboxylic acids is 1. The Morgan fingerprint density at radius 2 is 2.33 bits per heavy atom. The van der Waals surface area contributed by atoms with E-state index in [9.17, 15) is 9.18 Å². The van der Waals surface area contributed by atoms with Crippen LogP contribution in [0, 0.1) is 12.7 Å². The summed E-state index contributed by atoms with van der Waals surface area (Å²) in [6, 6.07) is 4.71. The second-order valence-corrected chi connectivity index (χ2v) is 5.72. The zero-order valence-corrected chi connectivity index (χ0v) is 12.6. The van der Waals surface area contributed by atoms with E-state index in [-0.39, 0.29) is 17.8 Å². The van der Waals surface area contributed by atoms with Crippen molar-refractivity contribution < 1.29 is 13.9 Å². The molecule has 3 N–H and O–H groups in total. The standard InChI is InChI=1S/C16H23FN2O2/c1-3-19-16(15(18)20)8-4-5-13(10-16)21-12-6-7-14(17)11(2)9-12/h6-7,9,13,19H,3-5,8,10H2,1-2H3,(H2,18,20). The van der Waals surface area contributed by atoms with E-state index in [1.807, 2.05) is 6.92 Å². The molecule has 2 atom stereocenters.